The number of benzene rings is 2. The highest BCUT2D eigenvalue weighted by Gasteiger charge is 2.56. The summed E-state index contributed by atoms with van der Waals surface area (Å²) in [4.78, 5) is 43.8. The molecule has 30 heavy (non-hydrogen) atoms. The zero-order valence-electron chi connectivity index (χ0n) is 16.2. The van der Waals surface area contributed by atoms with Gasteiger partial charge in [-0.05, 0) is 42.3 Å². The highest BCUT2D eigenvalue weighted by atomic mass is 32.2. The van der Waals surface area contributed by atoms with Crippen LogP contribution < -0.4 is 14.5 Å². The van der Waals surface area contributed by atoms with Crippen LogP contribution in [0.2, 0.25) is 0 Å². The van der Waals surface area contributed by atoms with E-state index < -0.39 is 11.2 Å². The molecule has 0 radical (unpaired) electrons. The number of thioether (sulfide) groups is 1. The summed E-state index contributed by atoms with van der Waals surface area (Å²) in [5, 5.41) is 0.0992. The molecule has 3 heterocycles. The van der Waals surface area contributed by atoms with Crippen molar-refractivity contribution in [1.82, 2.24) is 4.98 Å². The molecule has 2 aromatic carbocycles. The lowest BCUT2D eigenvalue weighted by Crippen LogP contribution is -2.32. The van der Waals surface area contributed by atoms with Gasteiger partial charge >= 0.3 is 4.87 Å². The molecule has 0 saturated carbocycles. The molecule has 1 N–H and O–H groups in total. The normalized spacial score (nSPS) is 22.7. The van der Waals surface area contributed by atoms with E-state index in [1.54, 1.807) is 13.2 Å². The molecule has 3 aromatic rings. The summed E-state index contributed by atoms with van der Waals surface area (Å²) in [5.74, 6) is -0.701. The second-order valence-corrected chi connectivity index (χ2v) is 9.54. The Hall–Kier alpha value is -2.84. The van der Waals surface area contributed by atoms with Gasteiger partial charge in [-0.2, -0.15) is 0 Å². The lowest BCUT2D eigenvalue weighted by molar-refractivity contribution is -0.122. The Morgan fingerprint density at radius 1 is 1.03 bits per heavy atom. The van der Waals surface area contributed by atoms with Gasteiger partial charge in [-0.25, -0.2) is 4.90 Å². The van der Waals surface area contributed by atoms with Crippen LogP contribution >= 0.6 is 23.1 Å². The molecule has 2 aliphatic rings. The summed E-state index contributed by atoms with van der Waals surface area (Å²) < 4.78 is 5.25. The minimum Gasteiger partial charge on any atom is -0.497 e. The smallest absolute Gasteiger partial charge is 0.305 e. The molecule has 3 unspecified atom stereocenters. The molecule has 5 rings (SSSR count). The van der Waals surface area contributed by atoms with Crippen LogP contribution in [0.1, 0.15) is 21.9 Å². The summed E-state index contributed by atoms with van der Waals surface area (Å²) in [5.41, 5.74) is 2.45. The molecule has 0 spiro atoms. The van der Waals surface area contributed by atoms with E-state index in [2.05, 4.69) is 4.98 Å². The van der Waals surface area contributed by atoms with E-state index in [4.69, 9.17) is 4.74 Å². The third-order valence-electron chi connectivity index (χ3n) is 5.56. The number of nitrogens with zero attached hydrogens (tertiary/aromatic N) is 1. The van der Waals surface area contributed by atoms with Gasteiger partial charge in [0.25, 0.3) is 0 Å². The van der Waals surface area contributed by atoms with Gasteiger partial charge in [-0.3, -0.25) is 14.4 Å². The van der Waals surface area contributed by atoms with Gasteiger partial charge in [0.2, 0.25) is 11.8 Å². The first-order valence-corrected chi connectivity index (χ1v) is 11.2. The van der Waals surface area contributed by atoms with Crippen LogP contribution in [0.5, 0.6) is 5.75 Å². The van der Waals surface area contributed by atoms with Crippen molar-refractivity contribution < 1.29 is 14.3 Å². The molecule has 2 aliphatic heterocycles. The van der Waals surface area contributed by atoms with Crippen LogP contribution in [0, 0.1) is 12.8 Å². The first kappa shape index (κ1) is 19.1. The number of carbonyl (C=O) groups excluding carboxylic acids is 2. The van der Waals surface area contributed by atoms with Gasteiger partial charge in [0.1, 0.15) is 11.0 Å². The SMILES string of the molecule is COc1ccc(C2c3sc(=O)[nH]c3SC3C(=O)N(c4cccc(C)c4)C(=O)C32)cc1. The molecule has 3 atom stereocenters. The molecule has 1 aromatic heterocycles. The fraction of sp³-hybridized carbons (Fsp3) is 0.227. The Morgan fingerprint density at radius 3 is 2.50 bits per heavy atom. The lowest BCUT2D eigenvalue weighted by Gasteiger charge is -2.29. The average molecular weight is 439 g/mol. The van der Waals surface area contributed by atoms with Gasteiger partial charge in [0.15, 0.2) is 0 Å². The van der Waals surface area contributed by atoms with Crippen molar-refractivity contribution in [3.63, 3.8) is 0 Å². The second-order valence-electron chi connectivity index (χ2n) is 7.37. The monoisotopic (exact) mass is 438 g/mol. The maximum Gasteiger partial charge on any atom is 0.305 e. The van der Waals surface area contributed by atoms with Crippen LogP contribution in [-0.4, -0.2) is 29.2 Å². The third kappa shape index (κ3) is 2.90. The van der Waals surface area contributed by atoms with Crippen LogP contribution in [0.15, 0.2) is 58.4 Å². The maximum absolute atomic E-state index is 13.6. The molecule has 6 nitrogen and oxygen atoms in total. The fourth-order valence-corrected chi connectivity index (χ4v) is 6.72. The largest absolute Gasteiger partial charge is 0.497 e. The number of carbonyl (C=O) groups is 2. The Morgan fingerprint density at radius 2 is 1.80 bits per heavy atom. The number of rotatable bonds is 3. The molecule has 8 heteroatoms. The van der Waals surface area contributed by atoms with E-state index >= 15 is 0 Å². The van der Waals surface area contributed by atoms with E-state index in [1.807, 2.05) is 49.4 Å². The number of nitrogens with one attached hydrogen (secondary N) is 1. The summed E-state index contributed by atoms with van der Waals surface area (Å²) >= 11 is 2.40. The van der Waals surface area contributed by atoms with E-state index in [0.717, 1.165) is 27.3 Å². The van der Waals surface area contributed by atoms with Gasteiger partial charge in [-0.1, -0.05) is 47.4 Å². The quantitative estimate of drug-likeness (QED) is 0.633. The van der Waals surface area contributed by atoms with E-state index in [1.165, 1.54) is 16.7 Å². The van der Waals surface area contributed by atoms with Crippen LogP contribution in [0.3, 0.4) is 0 Å². The van der Waals surface area contributed by atoms with Crippen molar-refractivity contribution in [1.29, 1.82) is 0 Å². The number of methoxy groups -OCH3 is 1. The Balaban J connectivity index is 1.64. The Bertz CT molecular complexity index is 1210. The fourth-order valence-electron chi connectivity index (χ4n) is 4.21. The summed E-state index contributed by atoms with van der Waals surface area (Å²) in [7, 11) is 1.59. The van der Waals surface area contributed by atoms with Crippen LogP contribution in [0.25, 0.3) is 0 Å². The minimum absolute atomic E-state index is 0.179. The maximum atomic E-state index is 13.6. The van der Waals surface area contributed by atoms with Crippen LogP contribution in [0.4, 0.5) is 5.69 Å². The highest BCUT2D eigenvalue weighted by molar-refractivity contribution is 8.00. The number of aromatic amines is 1. The van der Waals surface area contributed by atoms with Crippen molar-refractivity contribution in [3.8, 4) is 5.75 Å². The Kier molecular flexibility index (Phi) is 4.56. The molecular weight excluding hydrogens is 420 g/mol. The standard InChI is InChI=1S/C22H18N2O4S2/c1-11-4-3-5-13(10-11)24-20(25)16-15(12-6-8-14(28-2)9-7-12)17-19(23-22(27)30-17)29-18(16)21(24)26/h3-10,15-16,18H,1-2H3,(H,23,27). The average Bonchev–Trinajstić information content (AvgIpc) is 3.23. The zero-order valence-corrected chi connectivity index (χ0v) is 17.9. The highest BCUT2D eigenvalue weighted by Crippen LogP contribution is 2.53. The summed E-state index contributed by atoms with van der Waals surface area (Å²) in [6.45, 7) is 1.93. The number of imide groups is 1. The van der Waals surface area contributed by atoms with Crippen molar-refractivity contribution in [3.05, 3.63) is 74.2 Å². The number of thiazole rings is 1. The molecular formula is C22H18N2O4S2. The van der Waals surface area contributed by atoms with E-state index in [-0.39, 0.29) is 22.6 Å². The molecule has 0 aliphatic carbocycles. The predicted molar refractivity (Wildman–Crippen MR) is 117 cm³/mol. The molecule has 152 valence electrons. The summed E-state index contributed by atoms with van der Waals surface area (Å²) in [6, 6.07) is 14.9. The first-order chi connectivity index (χ1) is 14.5. The number of hydrogen-bond acceptors (Lipinski definition) is 6. The van der Waals surface area contributed by atoms with Gasteiger partial charge < -0.3 is 9.72 Å². The van der Waals surface area contributed by atoms with Crippen molar-refractivity contribution >= 4 is 40.6 Å². The number of aryl methyl sites for hydroxylation is 1. The molecule has 2 amide bonds. The van der Waals surface area contributed by atoms with Crippen molar-refractivity contribution in [2.75, 3.05) is 12.0 Å². The van der Waals surface area contributed by atoms with Gasteiger partial charge in [-0.15, -0.1) is 0 Å². The number of ether oxygens (including phenoxy) is 1. The van der Waals surface area contributed by atoms with Gasteiger partial charge in [0.05, 0.1) is 23.7 Å². The molecule has 1 saturated heterocycles. The minimum atomic E-state index is -0.581. The summed E-state index contributed by atoms with van der Waals surface area (Å²) in [6.07, 6.45) is 0. The lowest BCUT2D eigenvalue weighted by atomic mass is 9.83. The first-order valence-electron chi connectivity index (χ1n) is 9.46. The number of H-pyrrole nitrogens is 1. The van der Waals surface area contributed by atoms with Crippen molar-refractivity contribution in [2.45, 2.75) is 23.1 Å². The van der Waals surface area contributed by atoms with E-state index in [0.29, 0.717) is 16.5 Å². The number of hydrogen-bond donors (Lipinski definition) is 1. The topological polar surface area (TPSA) is 79.5 Å². The second kappa shape index (κ2) is 7.14. The third-order valence-corrected chi connectivity index (χ3v) is 7.96. The predicted octanol–water partition coefficient (Wildman–Crippen LogP) is 3.55. The number of fused-ring (bicyclic) bond motifs is 2. The van der Waals surface area contributed by atoms with Crippen molar-refractivity contribution in [2.24, 2.45) is 5.92 Å². The number of aromatic nitrogens is 1. The molecule has 0 bridgehead atoms. The Labute approximate surface area is 180 Å². The number of anilines is 1. The molecule has 1 fully saturated rings. The zero-order chi connectivity index (χ0) is 21.0. The van der Waals surface area contributed by atoms with E-state index in [9.17, 15) is 14.4 Å². The van der Waals surface area contributed by atoms with Gasteiger partial charge in [0, 0.05) is 10.8 Å². The van der Waals surface area contributed by atoms with Crippen LogP contribution in [-0.2, 0) is 9.59 Å². The number of amides is 2.